The Hall–Kier alpha value is -1.22. The van der Waals surface area contributed by atoms with Gasteiger partial charge in [-0.1, -0.05) is 6.07 Å². The largest absolute Gasteiger partial charge is 0.371 e. The number of nitrogens with two attached hydrogens (primary N) is 1. The van der Waals surface area contributed by atoms with E-state index in [-0.39, 0.29) is 5.54 Å². The molecule has 1 aliphatic heterocycles. The van der Waals surface area contributed by atoms with E-state index >= 15 is 0 Å². The van der Waals surface area contributed by atoms with Gasteiger partial charge >= 0.3 is 0 Å². The molecule has 0 bridgehead atoms. The van der Waals surface area contributed by atoms with Crippen molar-refractivity contribution in [3.63, 3.8) is 0 Å². The molecule has 3 heteroatoms. The summed E-state index contributed by atoms with van der Waals surface area (Å²) in [7, 11) is 4.28. The van der Waals surface area contributed by atoms with E-state index in [2.05, 4.69) is 42.1 Å². The number of anilines is 2. The van der Waals surface area contributed by atoms with E-state index in [0.717, 1.165) is 13.1 Å². The fourth-order valence-corrected chi connectivity index (χ4v) is 2.09. The van der Waals surface area contributed by atoms with Gasteiger partial charge in [0.25, 0.3) is 0 Å². The molecule has 1 aliphatic rings. The number of hydrogen-bond donors (Lipinski definition) is 1. The molecule has 0 aromatic heterocycles. The van der Waals surface area contributed by atoms with Crippen LogP contribution in [-0.2, 0) is 5.54 Å². The number of fused-ring (bicyclic) bond motifs is 1. The fourth-order valence-electron chi connectivity index (χ4n) is 2.09. The van der Waals surface area contributed by atoms with Crippen LogP contribution in [0.5, 0.6) is 0 Å². The van der Waals surface area contributed by atoms with E-state index in [1.165, 1.54) is 16.9 Å². The Morgan fingerprint density at radius 2 is 1.62 bits per heavy atom. The van der Waals surface area contributed by atoms with E-state index in [1.54, 1.807) is 0 Å². The first-order valence-electron chi connectivity index (χ1n) is 5.75. The molecule has 1 aromatic rings. The van der Waals surface area contributed by atoms with Crippen LogP contribution in [0.25, 0.3) is 0 Å². The van der Waals surface area contributed by atoms with E-state index in [1.807, 2.05) is 13.8 Å². The Morgan fingerprint density at radius 1 is 1.06 bits per heavy atom. The Kier molecular flexibility index (Phi) is 2.58. The van der Waals surface area contributed by atoms with E-state index in [0.29, 0.717) is 0 Å². The second kappa shape index (κ2) is 3.67. The van der Waals surface area contributed by atoms with Crippen molar-refractivity contribution in [2.24, 2.45) is 5.73 Å². The summed E-state index contributed by atoms with van der Waals surface area (Å²) in [6.07, 6.45) is 0. The topological polar surface area (TPSA) is 32.5 Å². The monoisotopic (exact) mass is 219 g/mol. The summed E-state index contributed by atoms with van der Waals surface area (Å²) in [6, 6.07) is 6.52. The lowest BCUT2D eigenvalue weighted by Gasteiger charge is -2.36. The summed E-state index contributed by atoms with van der Waals surface area (Å²) < 4.78 is 0. The zero-order chi connectivity index (χ0) is 11.9. The summed E-state index contributed by atoms with van der Waals surface area (Å²) in [5.41, 5.74) is 9.63. The van der Waals surface area contributed by atoms with Crippen LogP contribution in [0, 0.1) is 0 Å². The molecule has 3 nitrogen and oxygen atoms in total. The summed E-state index contributed by atoms with van der Waals surface area (Å²) >= 11 is 0. The van der Waals surface area contributed by atoms with E-state index in [9.17, 15) is 0 Å². The van der Waals surface area contributed by atoms with Crippen molar-refractivity contribution in [3.05, 3.63) is 23.8 Å². The van der Waals surface area contributed by atoms with Crippen LogP contribution in [0.2, 0.25) is 0 Å². The van der Waals surface area contributed by atoms with Gasteiger partial charge < -0.3 is 15.5 Å². The predicted octanol–water partition coefficient (Wildman–Crippen LogP) is 1.77. The van der Waals surface area contributed by atoms with Crippen LogP contribution < -0.4 is 15.5 Å². The Bertz CT molecular complexity index is 393. The maximum Gasteiger partial charge on any atom is 0.0605 e. The molecule has 0 saturated carbocycles. The second-order valence-electron chi connectivity index (χ2n) is 5.27. The summed E-state index contributed by atoms with van der Waals surface area (Å²) in [4.78, 5) is 4.59. The molecule has 2 rings (SSSR count). The number of nitrogens with zero attached hydrogens (tertiary/aromatic N) is 2. The lowest BCUT2D eigenvalue weighted by atomic mass is 9.94. The quantitative estimate of drug-likeness (QED) is 0.781. The summed E-state index contributed by atoms with van der Waals surface area (Å²) in [5.74, 6) is 0. The number of benzene rings is 1. The number of rotatable bonds is 1. The van der Waals surface area contributed by atoms with E-state index in [4.69, 9.17) is 5.73 Å². The van der Waals surface area contributed by atoms with Crippen molar-refractivity contribution >= 4 is 11.4 Å². The average molecular weight is 219 g/mol. The smallest absolute Gasteiger partial charge is 0.0605 e. The average Bonchev–Trinajstić information content (AvgIpc) is 2.22. The van der Waals surface area contributed by atoms with Gasteiger partial charge in [0.1, 0.15) is 0 Å². The SMILES string of the molecule is CN1CCN(C)c2cc(C(C)(C)N)ccc21. The van der Waals surface area contributed by atoms with Crippen LogP contribution in [0.3, 0.4) is 0 Å². The minimum atomic E-state index is -0.272. The van der Waals surface area contributed by atoms with Crippen molar-refractivity contribution < 1.29 is 0 Å². The molecule has 0 unspecified atom stereocenters. The van der Waals surface area contributed by atoms with Gasteiger partial charge in [-0.3, -0.25) is 0 Å². The van der Waals surface area contributed by atoms with Gasteiger partial charge in [-0.2, -0.15) is 0 Å². The first-order chi connectivity index (χ1) is 7.39. The highest BCUT2D eigenvalue weighted by Crippen LogP contribution is 2.34. The minimum Gasteiger partial charge on any atom is -0.371 e. The maximum absolute atomic E-state index is 6.14. The summed E-state index contributed by atoms with van der Waals surface area (Å²) in [5, 5.41) is 0. The second-order valence-corrected chi connectivity index (χ2v) is 5.27. The van der Waals surface area contributed by atoms with Crippen molar-refractivity contribution in [1.29, 1.82) is 0 Å². The first-order valence-corrected chi connectivity index (χ1v) is 5.75. The lowest BCUT2D eigenvalue weighted by molar-refractivity contribution is 0.554. The molecule has 16 heavy (non-hydrogen) atoms. The highest BCUT2D eigenvalue weighted by Gasteiger charge is 2.21. The Morgan fingerprint density at radius 3 is 2.19 bits per heavy atom. The van der Waals surface area contributed by atoms with Gasteiger partial charge in [0.05, 0.1) is 11.4 Å². The third-order valence-corrected chi connectivity index (χ3v) is 3.31. The molecule has 0 radical (unpaired) electrons. The number of hydrogen-bond acceptors (Lipinski definition) is 3. The van der Waals surface area contributed by atoms with Crippen molar-refractivity contribution in [2.45, 2.75) is 19.4 Å². The van der Waals surface area contributed by atoms with Gasteiger partial charge in [-0.15, -0.1) is 0 Å². The predicted molar refractivity (Wildman–Crippen MR) is 70.2 cm³/mol. The summed E-state index contributed by atoms with van der Waals surface area (Å²) in [6.45, 7) is 6.23. The van der Waals surface area contributed by atoms with Gasteiger partial charge in [0, 0.05) is 32.7 Å². The Labute approximate surface area is 97.8 Å². The fraction of sp³-hybridized carbons (Fsp3) is 0.538. The first kappa shape index (κ1) is 11.3. The third kappa shape index (κ3) is 1.87. The molecule has 0 spiro atoms. The Balaban J connectivity index is 2.48. The van der Waals surface area contributed by atoms with Crippen LogP contribution in [0.4, 0.5) is 11.4 Å². The van der Waals surface area contributed by atoms with Gasteiger partial charge in [-0.25, -0.2) is 0 Å². The standard InChI is InChI=1S/C13H21N3/c1-13(2,14)10-5-6-11-12(9-10)16(4)8-7-15(11)3/h5-6,9H,7-8,14H2,1-4H3. The molecular formula is C13H21N3. The molecule has 1 heterocycles. The molecule has 88 valence electrons. The van der Waals surface area contributed by atoms with Crippen molar-refractivity contribution in [1.82, 2.24) is 0 Å². The number of likely N-dealkylation sites (N-methyl/N-ethyl adjacent to an activating group) is 2. The third-order valence-electron chi connectivity index (χ3n) is 3.31. The highest BCUT2D eigenvalue weighted by molar-refractivity contribution is 5.74. The van der Waals surface area contributed by atoms with Crippen LogP contribution in [0.1, 0.15) is 19.4 Å². The molecule has 2 N–H and O–H groups in total. The normalized spacial score (nSPS) is 16.3. The van der Waals surface area contributed by atoms with Crippen molar-refractivity contribution in [3.8, 4) is 0 Å². The molecule has 0 fully saturated rings. The minimum absolute atomic E-state index is 0.272. The van der Waals surface area contributed by atoms with Crippen LogP contribution in [0.15, 0.2) is 18.2 Å². The molecule has 1 aromatic carbocycles. The zero-order valence-corrected chi connectivity index (χ0v) is 10.6. The highest BCUT2D eigenvalue weighted by atomic mass is 15.2. The molecular weight excluding hydrogens is 198 g/mol. The van der Waals surface area contributed by atoms with E-state index < -0.39 is 0 Å². The zero-order valence-electron chi connectivity index (χ0n) is 10.6. The molecule has 0 aliphatic carbocycles. The van der Waals surface area contributed by atoms with Gasteiger partial charge in [0.2, 0.25) is 0 Å². The van der Waals surface area contributed by atoms with Crippen molar-refractivity contribution in [2.75, 3.05) is 37.0 Å². The van der Waals surface area contributed by atoms with Crippen LogP contribution >= 0.6 is 0 Å². The molecule has 0 saturated heterocycles. The van der Waals surface area contributed by atoms with Gasteiger partial charge in [-0.05, 0) is 31.5 Å². The molecule has 0 amide bonds. The lowest BCUT2D eigenvalue weighted by Crippen LogP contribution is -2.37. The molecule has 0 atom stereocenters. The maximum atomic E-state index is 6.14. The van der Waals surface area contributed by atoms with Gasteiger partial charge in [0.15, 0.2) is 0 Å². The van der Waals surface area contributed by atoms with Crippen LogP contribution in [-0.4, -0.2) is 27.2 Å².